The summed E-state index contributed by atoms with van der Waals surface area (Å²) in [5, 5.41) is 2.70. The lowest BCUT2D eigenvalue weighted by atomic mass is 10.1. The molecule has 0 saturated heterocycles. The maximum absolute atomic E-state index is 13.5. The second-order valence-corrected chi connectivity index (χ2v) is 13.2. The third kappa shape index (κ3) is 7.13. The van der Waals surface area contributed by atoms with Crippen LogP contribution in [-0.2, 0) is 24.4 Å². The summed E-state index contributed by atoms with van der Waals surface area (Å²) in [4.78, 5) is 72.4. The van der Waals surface area contributed by atoms with E-state index < -0.39 is 64.5 Å². The van der Waals surface area contributed by atoms with Crippen molar-refractivity contribution < 1.29 is 70.6 Å². The third-order valence-corrected chi connectivity index (χ3v) is 9.87. The molecule has 21 heteroatoms. The molecule has 0 aliphatic rings. The zero-order chi connectivity index (χ0) is 23.9. The van der Waals surface area contributed by atoms with E-state index in [4.69, 9.17) is 39.1 Å². The summed E-state index contributed by atoms with van der Waals surface area (Å²) in [5.74, 6) is 0. The van der Waals surface area contributed by atoms with Crippen LogP contribution in [0.4, 0.5) is 24.5 Å². The van der Waals surface area contributed by atoms with Gasteiger partial charge in [-0.1, -0.05) is 6.07 Å². The predicted molar refractivity (Wildman–Crippen MR) is 94.4 cm³/mol. The first-order valence-electron chi connectivity index (χ1n) is 7.00. The molecule has 0 atom stereocenters. The third-order valence-electron chi connectivity index (χ3n) is 3.19. The smallest absolute Gasteiger partial charge is 0.361 e. The molecule has 0 aliphatic heterocycles. The number of hydrogen-bond donors (Lipinski definition) is 10. The van der Waals surface area contributed by atoms with Crippen LogP contribution in [0.5, 0.6) is 0 Å². The molecule has 0 unspecified atom stereocenters. The van der Waals surface area contributed by atoms with Gasteiger partial charge in [0, 0.05) is 11.4 Å². The second kappa shape index (κ2) is 8.62. The number of halogens is 3. The summed E-state index contributed by atoms with van der Waals surface area (Å²) in [7, 11) is -23.0. The fourth-order valence-electron chi connectivity index (χ4n) is 2.10. The van der Waals surface area contributed by atoms with Crippen molar-refractivity contribution in [3.8, 4) is 0 Å². The van der Waals surface area contributed by atoms with Crippen molar-refractivity contribution in [1.29, 1.82) is 0 Å². The Morgan fingerprint density at radius 1 is 0.667 bits per heavy atom. The molecule has 0 heterocycles. The molecule has 1 aromatic rings. The van der Waals surface area contributed by atoms with E-state index in [2.05, 4.69) is 0 Å². The highest BCUT2D eigenvalue weighted by Crippen LogP contribution is 2.61. The highest BCUT2D eigenvalue weighted by molar-refractivity contribution is 7.71. The Hall–Kier alpha value is -0.790. The lowest BCUT2D eigenvalue weighted by Crippen LogP contribution is -2.25. The average molecular weight is 524 g/mol. The number of alkyl halides is 3. The summed E-state index contributed by atoms with van der Waals surface area (Å²) >= 11 is 0. The standard InChI is InChI=1S/C9H15F3N2O12P4/c10-9(11,12)6-4(13-7(27(15,16)17)28(18,19)20)2-1-3-5(6)14-8(29(21,22)23)30(24,25)26/h1-3,7-8,13-14H,(H2,15,16,17)(H2,18,19,20)(H2,21,22,23)(H2,24,25,26). The fraction of sp³-hybridized carbons (Fsp3) is 0.333. The van der Waals surface area contributed by atoms with Gasteiger partial charge in [0.1, 0.15) is 5.56 Å². The summed E-state index contributed by atoms with van der Waals surface area (Å²) < 4.78 is 85.8. The molecule has 30 heavy (non-hydrogen) atoms. The zero-order valence-corrected chi connectivity index (χ0v) is 17.6. The summed E-state index contributed by atoms with van der Waals surface area (Å²) in [6.07, 6.45) is -5.49. The lowest BCUT2D eigenvalue weighted by molar-refractivity contribution is -0.136. The quantitative estimate of drug-likeness (QED) is 0.211. The summed E-state index contributed by atoms with van der Waals surface area (Å²) in [5.41, 5.74) is -11.0. The first-order valence-corrected chi connectivity index (χ1v) is 13.7. The lowest BCUT2D eigenvalue weighted by Gasteiger charge is -2.27. The van der Waals surface area contributed by atoms with Crippen LogP contribution >= 0.6 is 30.4 Å². The van der Waals surface area contributed by atoms with Gasteiger partial charge in [-0.2, -0.15) is 13.2 Å². The van der Waals surface area contributed by atoms with Crippen LogP contribution in [-0.4, -0.2) is 50.2 Å². The SMILES string of the molecule is O=P(O)(O)C(Nc1cccc(NC(P(=O)(O)O)P(=O)(O)O)c1C(F)(F)F)P(=O)(O)O. The van der Waals surface area contributed by atoms with Gasteiger partial charge in [0.25, 0.3) is 0 Å². The Balaban J connectivity index is 3.68. The van der Waals surface area contributed by atoms with Gasteiger partial charge in [-0.3, -0.25) is 18.3 Å². The van der Waals surface area contributed by atoms with Crippen molar-refractivity contribution in [2.75, 3.05) is 10.6 Å². The van der Waals surface area contributed by atoms with Crippen molar-refractivity contribution in [3.63, 3.8) is 0 Å². The molecule has 0 saturated carbocycles. The number of nitrogens with one attached hydrogen (secondary N) is 2. The van der Waals surface area contributed by atoms with E-state index in [1.807, 2.05) is 0 Å². The average Bonchev–Trinajstić information content (AvgIpc) is 2.44. The minimum atomic E-state index is -5.74. The van der Waals surface area contributed by atoms with Crippen LogP contribution in [0.3, 0.4) is 0 Å². The molecule has 0 radical (unpaired) electrons. The van der Waals surface area contributed by atoms with Gasteiger partial charge in [0.15, 0.2) is 0 Å². The first-order chi connectivity index (χ1) is 13.1. The van der Waals surface area contributed by atoms with Crippen molar-refractivity contribution in [3.05, 3.63) is 23.8 Å². The van der Waals surface area contributed by atoms with Crippen LogP contribution in [0, 0.1) is 0 Å². The Bertz CT molecular complexity index is 865. The molecule has 14 nitrogen and oxygen atoms in total. The number of anilines is 2. The van der Waals surface area contributed by atoms with Gasteiger partial charge in [0.05, 0.1) is 0 Å². The largest absolute Gasteiger partial charge is 0.420 e. The van der Waals surface area contributed by atoms with Gasteiger partial charge in [-0.15, -0.1) is 0 Å². The topological polar surface area (TPSA) is 254 Å². The van der Waals surface area contributed by atoms with Gasteiger partial charge in [-0.25, -0.2) is 0 Å². The van der Waals surface area contributed by atoms with Crippen molar-refractivity contribution in [2.24, 2.45) is 0 Å². The van der Waals surface area contributed by atoms with Gasteiger partial charge >= 0.3 is 36.6 Å². The van der Waals surface area contributed by atoms with Gasteiger partial charge in [-0.05, 0) is 12.1 Å². The van der Waals surface area contributed by atoms with Crippen LogP contribution in [0.2, 0.25) is 0 Å². The van der Waals surface area contributed by atoms with Crippen molar-refractivity contribution in [2.45, 2.75) is 17.2 Å². The Labute approximate surface area is 164 Å². The molecular weight excluding hydrogens is 509 g/mol. The Morgan fingerprint density at radius 2 is 0.933 bits per heavy atom. The summed E-state index contributed by atoms with van der Waals surface area (Å²) in [6.45, 7) is 0. The van der Waals surface area contributed by atoms with Crippen molar-refractivity contribution in [1.82, 2.24) is 0 Å². The van der Waals surface area contributed by atoms with E-state index in [9.17, 15) is 31.4 Å². The monoisotopic (exact) mass is 524 g/mol. The highest BCUT2D eigenvalue weighted by Gasteiger charge is 2.48. The number of hydrogen-bond acceptors (Lipinski definition) is 6. The molecule has 0 aliphatic carbocycles. The molecule has 174 valence electrons. The molecule has 1 rings (SSSR count). The van der Waals surface area contributed by atoms with Crippen LogP contribution < -0.4 is 10.6 Å². The molecule has 0 amide bonds. The van der Waals surface area contributed by atoms with Crippen molar-refractivity contribution >= 4 is 41.8 Å². The maximum atomic E-state index is 13.5. The van der Waals surface area contributed by atoms with Crippen LogP contribution in [0.15, 0.2) is 18.2 Å². The minimum Gasteiger partial charge on any atom is -0.361 e. The van der Waals surface area contributed by atoms with Crippen LogP contribution in [0.1, 0.15) is 5.56 Å². The fourth-order valence-corrected chi connectivity index (χ4v) is 6.47. The molecule has 0 spiro atoms. The molecule has 0 aromatic heterocycles. The molecule has 10 N–H and O–H groups in total. The minimum absolute atomic E-state index is 0.469. The second-order valence-electron chi connectivity index (χ2n) is 5.62. The normalized spacial score (nSPS) is 14.3. The van der Waals surface area contributed by atoms with E-state index in [1.165, 1.54) is 10.6 Å². The summed E-state index contributed by atoms with van der Waals surface area (Å²) in [6, 6.07) is 1.62. The van der Waals surface area contributed by atoms with E-state index in [0.29, 0.717) is 18.2 Å². The van der Waals surface area contributed by atoms with E-state index in [0.717, 1.165) is 0 Å². The molecule has 1 aromatic carbocycles. The number of rotatable bonds is 8. The maximum Gasteiger partial charge on any atom is 0.420 e. The van der Waals surface area contributed by atoms with Gasteiger partial charge in [0.2, 0.25) is 11.0 Å². The van der Waals surface area contributed by atoms with E-state index >= 15 is 0 Å². The molecular formula is C9H15F3N2O12P4. The van der Waals surface area contributed by atoms with Crippen LogP contribution in [0.25, 0.3) is 0 Å². The molecule has 0 fully saturated rings. The first kappa shape index (κ1) is 27.2. The van der Waals surface area contributed by atoms with E-state index in [-0.39, 0.29) is 0 Å². The van der Waals surface area contributed by atoms with Gasteiger partial charge < -0.3 is 49.8 Å². The Kier molecular flexibility index (Phi) is 7.83. The zero-order valence-electron chi connectivity index (χ0n) is 14.0. The highest BCUT2D eigenvalue weighted by atomic mass is 31.2. The number of benzene rings is 1. The van der Waals surface area contributed by atoms with E-state index in [1.54, 1.807) is 0 Å². The predicted octanol–water partition coefficient (Wildman–Crippen LogP) is 0.807. The Morgan fingerprint density at radius 3 is 1.13 bits per heavy atom. The molecule has 0 bridgehead atoms.